The van der Waals surface area contributed by atoms with Crippen molar-refractivity contribution in [3.63, 3.8) is 0 Å². The predicted molar refractivity (Wildman–Crippen MR) is 79.7 cm³/mol. The first-order chi connectivity index (χ1) is 8.81. The fraction of sp³-hybridized carbons (Fsp3) is 0.538. The van der Waals surface area contributed by atoms with Crippen LogP contribution in [0, 0.1) is 5.92 Å². The first kappa shape index (κ1) is 15.9. The zero-order chi connectivity index (χ0) is 14.6. The highest BCUT2D eigenvalue weighted by molar-refractivity contribution is 9.10. The average molecular weight is 330 g/mol. The molecule has 1 heterocycles. The van der Waals surface area contributed by atoms with Crippen molar-refractivity contribution < 1.29 is 9.90 Å². The third-order valence-electron chi connectivity index (χ3n) is 2.77. The summed E-state index contributed by atoms with van der Waals surface area (Å²) in [5, 5.41) is 12.4. The number of pyridine rings is 1. The lowest BCUT2D eigenvalue weighted by Crippen LogP contribution is -2.37. The summed E-state index contributed by atoms with van der Waals surface area (Å²) in [6.07, 6.45) is 1.60. The smallest absolute Gasteiger partial charge is 0.339 e. The van der Waals surface area contributed by atoms with Gasteiger partial charge in [0.2, 0.25) is 0 Å². The molecule has 1 atom stereocenters. The van der Waals surface area contributed by atoms with Gasteiger partial charge in [0, 0.05) is 23.3 Å². The number of nitrogens with one attached hydrogen (secondary N) is 1. The van der Waals surface area contributed by atoms with Gasteiger partial charge < -0.3 is 15.3 Å². The number of rotatable bonds is 6. The number of anilines is 1. The van der Waals surface area contributed by atoms with Gasteiger partial charge in [-0.1, -0.05) is 13.8 Å². The maximum atomic E-state index is 11.2. The molecule has 0 radical (unpaired) electrons. The Labute approximate surface area is 122 Å². The standard InChI is InChI=1S/C13H20BrN3O2/c1-8(2)11(7-17(3)4)16-12-10(13(18)19)5-9(14)6-15-12/h5-6,8,11H,7H2,1-4H3,(H,15,16)(H,18,19). The molecule has 0 aliphatic carbocycles. The molecule has 0 saturated carbocycles. The van der Waals surface area contributed by atoms with Gasteiger partial charge in [0.05, 0.1) is 0 Å². The fourth-order valence-corrected chi connectivity index (χ4v) is 2.04. The average Bonchev–Trinajstić information content (AvgIpc) is 2.29. The quantitative estimate of drug-likeness (QED) is 0.839. The lowest BCUT2D eigenvalue weighted by atomic mass is 10.0. The number of carboxylic acid groups (broad SMARTS) is 1. The van der Waals surface area contributed by atoms with Gasteiger partial charge in [-0.25, -0.2) is 9.78 Å². The number of aromatic nitrogens is 1. The molecule has 0 saturated heterocycles. The van der Waals surface area contributed by atoms with E-state index in [-0.39, 0.29) is 11.6 Å². The second-order valence-electron chi connectivity index (χ2n) is 5.11. The minimum absolute atomic E-state index is 0.141. The molecule has 6 heteroatoms. The molecule has 0 aliphatic heterocycles. The zero-order valence-corrected chi connectivity index (χ0v) is 13.2. The minimum atomic E-state index is -0.983. The SMILES string of the molecule is CC(C)C(CN(C)C)Nc1ncc(Br)cc1C(=O)O. The molecule has 0 aromatic carbocycles. The number of likely N-dealkylation sites (N-methyl/N-ethyl adjacent to an activating group) is 1. The van der Waals surface area contributed by atoms with Gasteiger partial charge >= 0.3 is 5.97 Å². The van der Waals surface area contributed by atoms with Gasteiger partial charge in [-0.2, -0.15) is 0 Å². The largest absolute Gasteiger partial charge is 0.478 e. The summed E-state index contributed by atoms with van der Waals surface area (Å²) in [6.45, 7) is 5.01. The van der Waals surface area contributed by atoms with Crippen molar-refractivity contribution in [1.82, 2.24) is 9.88 Å². The number of hydrogen-bond acceptors (Lipinski definition) is 4. The van der Waals surface area contributed by atoms with E-state index < -0.39 is 5.97 Å². The van der Waals surface area contributed by atoms with Crippen LogP contribution in [0.25, 0.3) is 0 Å². The van der Waals surface area contributed by atoms with E-state index in [0.717, 1.165) is 6.54 Å². The van der Waals surface area contributed by atoms with E-state index in [1.165, 1.54) is 0 Å². The Bertz CT molecular complexity index is 450. The Morgan fingerprint density at radius 1 is 1.53 bits per heavy atom. The van der Waals surface area contributed by atoms with Crippen molar-refractivity contribution in [1.29, 1.82) is 0 Å². The molecule has 106 valence electrons. The number of aromatic carboxylic acids is 1. The van der Waals surface area contributed by atoms with Crippen LogP contribution >= 0.6 is 15.9 Å². The van der Waals surface area contributed by atoms with Crippen LogP contribution in [0.3, 0.4) is 0 Å². The number of carboxylic acids is 1. The van der Waals surface area contributed by atoms with Gasteiger partial charge in [-0.05, 0) is 42.0 Å². The third kappa shape index (κ3) is 4.80. The summed E-state index contributed by atoms with van der Waals surface area (Å²) >= 11 is 3.24. The second-order valence-corrected chi connectivity index (χ2v) is 6.03. The molecule has 19 heavy (non-hydrogen) atoms. The summed E-state index contributed by atoms with van der Waals surface area (Å²) < 4.78 is 0.657. The topological polar surface area (TPSA) is 65.5 Å². The van der Waals surface area contributed by atoms with E-state index >= 15 is 0 Å². The van der Waals surface area contributed by atoms with Crippen LogP contribution in [0.4, 0.5) is 5.82 Å². The molecule has 0 amide bonds. The maximum absolute atomic E-state index is 11.2. The third-order valence-corrected chi connectivity index (χ3v) is 3.21. The van der Waals surface area contributed by atoms with Crippen LogP contribution in [0.5, 0.6) is 0 Å². The Kier molecular flexibility index (Phi) is 5.75. The molecular weight excluding hydrogens is 310 g/mol. The summed E-state index contributed by atoms with van der Waals surface area (Å²) in [5.74, 6) is -0.200. The van der Waals surface area contributed by atoms with Gasteiger partial charge in [0.1, 0.15) is 11.4 Å². The highest BCUT2D eigenvalue weighted by Gasteiger charge is 2.19. The summed E-state index contributed by atoms with van der Waals surface area (Å²) in [5.41, 5.74) is 0.179. The molecule has 0 aliphatic rings. The highest BCUT2D eigenvalue weighted by Crippen LogP contribution is 2.20. The van der Waals surface area contributed by atoms with Crippen molar-refractivity contribution in [2.24, 2.45) is 5.92 Å². The van der Waals surface area contributed by atoms with Gasteiger partial charge in [0.25, 0.3) is 0 Å². The molecule has 0 fully saturated rings. The molecule has 0 spiro atoms. The molecule has 2 N–H and O–H groups in total. The number of carbonyl (C=O) groups is 1. The molecular formula is C13H20BrN3O2. The van der Waals surface area contributed by atoms with Crippen LogP contribution < -0.4 is 5.32 Å². The van der Waals surface area contributed by atoms with Crippen LogP contribution in [0.2, 0.25) is 0 Å². The first-order valence-corrected chi connectivity index (χ1v) is 6.90. The van der Waals surface area contributed by atoms with Crippen molar-refractivity contribution >= 4 is 27.7 Å². The second kappa shape index (κ2) is 6.86. The molecule has 1 aromatic heterocycles. The molecule has 1 aromatic rings. The predicted octanol–water partition coefficient (Wildman–Crippen LogP) is 2.54. The van der Waals surface area contributed by atoms with Gasteiger partial charge in [-0.3, -0.25) is 0 Å². The van der Waals surface area contributed by atoms with E-state index in [2.05, 4.69) is 45.0 Å². The number of hydrogen-bond donors (Lipinski definition) is 2. The monoisotopic (exact) mass is 329 g/mol. The fourth-order valence-electron chi connectivity index (χ4n) is 1.71. The van der Waals surface area contributed by atoms with E-state index in [9.17, 15) is 9.90 Å². The van der Waals surface area contributed by atoms with Crippen molar-refractivity contribution in [2.45, 2.75) is 19.9 Å². The summed E-state index contributed by atoms with van der Waals surface area (Å²) in [7, 11) is 3.98. The van der Waals surface area contributed by atoms with Crippen molar-refractivity contribution in [3.8, 4) is 0 Å². The molecule has 0 bridgehead atoms. The Morgan fingerprint density at radius 2 is 2.16 bits per heavy atom. The van der Waals surface area contributed by atoms with E-state index in [4.69, 9.17) is 0 Å². The van der Waals surface area contributed by atoms with Crippen molar-refractivity contribution in [3.05, 3.63) is 22.3 Å². The minimum Gasteiger partial charge on any atom is -0.478 e. The van der Waals surface area contributed by atoms with E-state index in [1.54, 1.807) is 12.3 Å². The summed E-state index contributed by atoms with van der Waals surface area (Å²) in [6, 6.07) is 1.70. The summed E-state index contributed by atoms with van der Waals surface area (Å²) in [4.78, 5) is 17.5. The Morgan fingerprint density at radius 3 is 2.63 bits per heavy atom. The van der Waals surface area contributed by atoms with E-state index in [0.29, 0.717) is 16.2 Å². The number of halogens is 1. The van der Waals surface area contributed by atoms with Crippen LogP contribution in [0.15, 0.2) is 16.7 Å². The Balaban J connectivity index is 2.99. The highest BCUT2D eigenvalue weighted by atomic mass is 79.9. The van der Waals surface area contributed by atoms with Crippen molar-refractivity contribution in [2.75, 3.05) is 26.0 Å². The van der Waals surface area contributed by atoms with Crippen LogP contribution in [-0.4, -0.2) is 47.6 Å². The van der Waals surface area contributed by atoms with Crippen LogP contribution in [0.1, 0.15) is 24.2 Å². The first-order valence-electron chi connectivity index (χ1n) is 6.11. The number of nitrogens with zero attached hydrogens (tertiary/aromatic N) is 2. The van der Waals surface area contributed by atoms with Crippen LogP contribution in [-0.2, 0) is 0 Å². The molecule has 1 unspecified atom stereocenters. The zero-order valence-electron chi connectivity index (χ0n) is 11.6. The molecule has 1 rings (SSSR count). The normalized spacial score (nSPS) is 12.8. The lowest BCUT2D eigenvalue weighted by molar-refractivity contribution is 0.0697. The Hall–Kier alpha value is -1.14. The van der Waals surface area contributed by atoms with Gasteiger partial charge in [0.15, 0.2) is 0 Å². The van der Waals surface area contributed by atoms with Gasteiger partial charge in [-0.15, -0.1) is 0 Å². The molecule has 5 nitrogen and oxygen atoms in total. The lowest BCUT2D eigenvalue weighted by Gasteiger charge is -2.26. The van der Waals surface area contributed by atoms with E-state index in [1.807, 2.05) is 14.1 Å². The maximum Gasteiger partial charge on any atom is 0.339 e.